The first-order valence-electron chi connectivity index (χ1n) is 18.4. The van der Waals surface area contributed by atoms with Gasteiger partial charge in [0.2, 0.25) is 0 Å². The Bertz CT molecular complexity index is 2900. The fourth-order valence-corrected chi connectivity index (χ4v) is 10.4. The zero-order chi connectivity index (χ0) is 35.3. The van der Waals surface area contributed by atoms with E-state index in [1.54, 1.807) is 0 Å². The van der Waals surface area contributed by atoms with Crippen LogP contribution in [0.4, 0.5) is 17.1 Å². The Kier molecular flexibility index (Phi) is 6.60. The van der Waals surface area contributed by atoms with Gasteiger partial charge in [0.05, 0.1) is 11.4 Å². The lowest BCUT2D eigenvalue weighted by molar-refractivity contribution is 0.661. The molecule has 0 fully saturated rings. The molecule has 0 unspecified atom stereocenters. The highest BCUT2D eigenvalue weighted by Crippen LogP contribution is 2.56. The summed E-state index contributed by atoms with van der Waals surface area (Å²) >= 11 is 1.87. The van der Waals surface area contributed by atoms with Gasteiger partial charge in [-0.2, -0.15) is 0 Å². The maximum Gasteiger partial charge on any atom is 0.0602 e. The molecule has 0 spiro atoms. The third-order valence-corrected chi connectivity index (χ3v) is 12.7. The van der Waals surface area contributed by atoms with Crippen molar-refractivity contribution < 1.29 is 0 Å². The Labute approximate surface area is 314 Å². The number of anilines is 3. The Balaban J connectivity index is 1.18. The largest absolute Gasteiger partial charge is 0.308 e. The third-order valence-electron chi connectivity index (χ3n) is 11.6. The summed E-state index contributed by atoms with van der Waals surface area (Å²) in [6.07, 6.45) is 0. The molecular weight excluding hydrogens is 659 g/mol. The third kappa shape index (κ3) is 4.40. The summed E-state index contributed by atoms with van der Waals surface area (Å²) in [4.78, 5) is 4.93. The Morgan fingerprint density at radius 3 is 1.66 bits per heavy atom. The second kappa shape index (κ2) is 11.5. The molecule has 9 aromatic rings. The van der Waals surface area contributed by atoms with Crippen LogP contribution in [-0.4, -0.2) is 0 Å². The molecular formula is C51H35NS. The van der Waals surface area contributed by atoms with Gasteiger partial charge in [-0.05, 0) is 119 Å². The van der Waals surface area contributed by atoms with Crippen molar-refractivity contribution in [3.8, 4) is 33.4 Å². The Hall–Kier alpha value is -6.09. The van der Waals surface area contributed by atoms with Crippen LogP contribution in [-0.2, 0) is 5.41 Å². The molecule has 1 heterocycles. The number of hydrogen-bond donors (Lipinski definition) is 0. The molecule has 53 heavy (non-hydrogen) atoms. The van der Waals surface area contributed by atoms with Gasteiger partial charge >= 0.3 is 0 Å². The minimum absolute atomic E-state index is 0.108. The lowest BCUT2D eigenvalue weighted by atomic mass is 9.79. The summed E-state index contributed by atoms with van der Waals surface area (Å²) in [7, 11) is 0. The van der Waals surface area contributed by atoms with E-state index in [1.807, 2.05) is 11.8 Å². The smallest absolute Gasteiger partial charge is 0.0602 e. The normalized spacial score (nSPS) is 13.9. The molecule has 11 rings (SSSR count). The number of fused-ring (bicyclic) bond motifs is 9. The zero-order valence-electron chi connectivity index (χ0n) is 29.6. The van der Waals surface area contributed by atoms with E-state index in [0.29, 0.717) is 0 Å². The predicted octanol–water partition coefficient (Wildman–Crippen LogP) is 14.7. The van der Waals surface area contributed by atoms with E-state index < -0.39 is 0 Å². The van der Waals surface area contributed by atoms with Crippen molar-refractivity contribution in [2.24, 2.45) is 0 Å². The monoisotopic (exact) mass is 693 g/mol. The average molecular weight is 694 g/mol. The summed E-state index contributed by atoms with van der Waals surface area (Å²) in [6.45, 7) is 4.78. The van der Waals surface area contributed by atoms with E-state index in [2.05, 4.69) is 195 Å². The predicted molar refractivity (Wildman–Crippen MR) is 226 cm³/mol. The van der Waals surface area contributed by atoms with Crippen molar-refractivity contribution in [2.75, 3.05) is 4.90 Å². The molecule has 0 saturated heterocycles. The molecule has 9 aromatic carbocycles. The van der Waals surface area contributed by atoms with E-state index in [-0.39, 0.29) is 5.41 Å². The van der Waals surface area contributed by atoms with Gasteiger partial charge in [-0.1, -0.05) is 159 Å². The molecule has 1 aliphatic carbocycles. The molecule has 0 radical (unpaired) electrons. The molecule has 0 atom stereocenters. The average Bonchev–Trinajstić information content (AvgIpc) is 3.44. The molecule has 0 aromatic heterocycles. The maximum absolute atomic E-state index is 2.52. The van der Waals surface area contributed by atoms with Crippen molar-refractivity contribution in [1.82, 2.24) is 0 Å². The highest BCUT2D eigenvalue weighted by molar-refractivity contribution is 7.99. The van der Waals surface area contributed by atoms with Gasteiger partial charge in [0.1, 0.15) is 0 Å². The maximum atomic E-state index is 2.52. The molecule has 0 amide bonds. The highest BCUT2D eigenvalue weighted by atomic mass is 32.2. The molecule has 1 nitrogen and oxygen atoms in total. The first-order chi connectivity index (χ1) is 26.1. The quantitative estimate of drug-likeness (QED) is 0.170. The van der Waals surface area contributed by atoms with E-state index in [9.17, 15) is 0 Å². The molecule has 1 aliphatic heterocycles. The molecule has 2 aliphatic rings. The Morgan fingerprint density at radius 1 is 0.396 bits per heavy atom. The molecule has 250 valence electrons. The van der Waals surface area contributed by atoms with E-state index in [4.69, 9.17) is 0 Å². The first kappa shape index (κ1) is 30.5. The van der Waals surface area contributed by atoms with Crippen LogP contribution in [0.25, 0.3) is 65.7 Å². The van der Waals surface area contributed by atoms with Crippen LogP contribution in [0.3, 0.4) is 0 Å². The topological polar surface area (TPSA) is 3.24 Å². The second-order valence-electron chi connectivity index (χ2n) is 14.8. The van der Waals surface area contributed by atoms with Crippen molar-refractivity contribution in [2.45, 2.75) is 29.1 Å². The molecule has 0 N–H and O–H groups in total. The van der Waals surface area contributed by atoms with E-state index >= 15 is 0 Å². The van der Waals surface area contributed by atoms with Crippen LogP contribution in [0.2, 0.25) is 0 Å². The van der Waals surface area contributed by atoms with Crippen molar-refractivity contribution >= 4 is 61.1 Å². The summed E-state index contributed by atoms with van der Waals surface area (Å²) < 4.78 is 0. The fraction of sp³-hybridized carbons (Fsp3) is 0.0588. The van der Waals surface area contributed by atoms with Crippen LogP contribution < -0.4 is 4.90 Å². The number of hydrogen-bond acceptors (Lipinski definition) is 2. The lowest BCUT2D eigenvalue weighted by Gasteiger charge is -2.33. The van der Waals surface area contributed by atoms with Crippen molar-refractivity contribution in [3.05, 3.63) is 187 Å². The van der Waals surface area contributed by atoms with E-state index in [0.717, 1.165) is 0 Å². The molecule has 2 heteroatoms. The molecule has 0 bridgehead atoms. The van der Waals surface area contributed by atoms with Crippen molar-refractivity contribution in [3.63, 3.8) is 0 Å². The molecule has 0 saturated carbocycles. The number of nitrogens with zero attached hydrogens (tertiary/aromatic N) is 1. The zero-order valence-corrected chi connectivity index (χ0v) is 30.4. The Morgan fingerprint density at radius 2 is 0.943 bits per heavy atom. The van der Waals surface area contributed by atoms with Gasteiger partial charge in [-0.25, -0.2) is 0 Å². The number of para-hydroxylation sites is 2. The fourth-order valence-electron chi connectivity index (χ4n) is 9.25. The highest BCUT2D eigenvalue weighted by Gasteiger charge is 2.37. The van der Waals surface area contributed by atoms with Crippen LogP contribution in [0.5, 0.6) is 0 Å². The first-order valence-corrected chi connectivity index (χ1v) is 19.3. The van der Waals surface area contributed by atoms with Crippen LogP contribution in [0.1, 0.15) is 25.0 Å². The van der Waals surface area contributed by atoms with Crippen molar-refractivity contribution in [1.29, 1.82) is 0 Å². The van der Waals surface area contributed by atoms with Gasteiger partial charge in [-0.3, -0.25) is 0 Å². The van der Waals surface area contributed by atoms with Crippen LogP contribution in [0.15, 0.2) is 186 Å². The summed E-state index contributed by atoms with van der Waals surface area (Å²) in [6, 6.07) is 65.3. The standard InChI is InChI=1S/C51H35NS/c1-51(2)42-25-13-12-24-40(42)50-35-19-7-6-18-34(35)41(31-43(50)51)49-38-22-10-8-20-36(38)48(37-21-9-11-23-39(37)49)32-28-29-45-47(30-32)53-46-27-15-14-26-44(46)52(45)33-16-4-3-5-17-33/h3-31H,1-2H3. The van der Waals surface area contributed by atoms with Gasteiger partial charge in [-0.15, -0.1) is 0 Å². The lowest BCUT2D eigenvalue weighted by Crippen LogP contribution is -2.15. The number of rotatable bonds is 3. The van der Waals surface area contributed by atoms with Gasteiger partial charge < -0.3 is 4.90 Å². The minimum Gasteiger partial charge on any atom is -0.308 e. The minimum atomic E-state index is -0.108. The van der Waals surface area contributed by atoms with Gasteiger partial charge in [0.15, 0.2) is 0 Å². The van der Waals surface area contributed by atoms with Gasteiger partial charge in [0.25, 0.3) is 0 Å². The van der Waals surface area contributed by atoms with Gasteiger partial charge in [0, 0.05) is 20.9 Å². The summed E-state index contributed by atoms with van der Waals surface area (Å²) in [5.41, 5.74) is 14.2. The summed E-state index contributed by atoms with van der Waals surface area (Å²) in [5.74, 6) is 0. The van der Waals surface area contributed by atoms with E-state index in [1.165, 1.54) is 104 Å². The summed E-state index contributed by atoms with van der Waals surface area (Å²) in [5, 5.41) is 7.73. The SMILES string of the molecule is CC1(C)c2ccccc2-c2c1cc(-c1c3ccccc3c(-c3ccc4c(c3)Sc3ccccc3N4c3ccccc3)c3ccccc13)c1ccccc21. The second-order valence-corrected chi connectivity index (χ2v) is 15.9. The van der Waals surface area contributed by atoms with Crippen LogP contribution >= 0.6 is 11.8 Å². The van der Waals surface area contributed by atoms with Crippen LogP contribution in [0, 0.1) is 0 Å². The number of benzene rings is 9.